The minimum absolute atomic E-state index is 0.0237. The van der Waals surface area contributed by atoms with E-state index in [0.29, 0.717) is 17.8 Å². The summed E-state index contributed by atoms with van der Waals surface area (Å²) < 4.78 is 36.5. The van der Waals surface area contributed by atoms with E-state index in [1.165, 1.54) is 19.3 Å². The third-order valence-electron chi connectivity index (χ3n) is 5.49. The second-order valence-electron chi connectivity index (χ2n) is 7.09. The fourth-order valence-corrected chi connectivity index (χ4v) is 5.17. The molecule has 0 radical (unpaired) electrons. The zero-order valence-corrected chi connectivity index (χ0v) is 11.1. The van der Waals surface area contributed by atoms with Crippen LogP contribution in [-0.2, 0) is 4.79 Å². The lowest BCUT2D eigenvalue weighted by atomic mass is 9.48. The Morgan fingerprint density at radius 3 is 1.89 bits per heavy atom. The monoisotopic (exact) mass is 274 g/mol. The van der Waals surface area contributed by atoms with Crippen LogP contribution in [-0.4, -0.2) is 12.0 Å². The van der Waals surface area contributed by atoms with Gasteiger partial charge >= 0.3 is 6.18 Å². The molecule has 108 valence electrons. The van der Waals surface area contributed by atoms with E-state index in [4.69, 9.17) is 0 Å². The lowest BCUT2D eigenvalue weighted by molar-refractivity contribution is -0.147. The van der Waals surface area contributed by atoms with E-state index in [0.717, 1.165) is 19.3 Å². The lowest BCUT2D eigenvalue weighted by Gasteiger charge is -2.56. The number of ketones is 1. The number of alkyl halides is 3. The smallest absolute Gasteiger partial charge is 0.299 e. The van der Waals surface area contributed by atoms with Crippen molar-refractivity contribution < 1.29 is 18.0 Å². The highest BCUT2D eigenvalue weighted by Crippen LogP contribution is 2.60. The fourth-order valence-electron chi connectivity index (χ4n) is 5.17. The molecule has 0 N–H and O–H groups in total. The molecular formula is C15H21F3O. The molecule has 4 heteroatoms. The van der Waals surface area contributed by atoms with Gasteiger partial charge in [0.25, 0.3) is 0 Å². The van der Waals surface area contributed by atoms with Crippen LogP contribution in [0.15, 0.2) is 0 Å². The predicted octanol–water partition coefficient (Wildman–Crippen LogP) is 4.50. The molecule has 19 heavy (non-hydrogen) atoms. The van der Waals surface area contributed by atoms with Gasteiger partial charge in [0.1, 0.15) is 5.78 Å². The Morgan fingerprint density at radius 1 is 1.00 bits per heavy atom. The summed E-state index contributed by atoms with van der Waals surface area (Å²) in [6.07, 6.45) is 1.83. The number of Topliss-reactive ketones (excluding diaryl/α,β-unsaturated/α-hetero) is 1. The van der Waals surface area contributed by atoms with Crippen LogP contribution in [0, 0.1) is 23.2 Å². The molecule has 0 heterocycles. The van der Waals surface area contributed by atoms with Crippen LogP contribution in [0.3, 0.4) is 0 Å². The molecule has 0 aromatic heterocycles. The van der Waals surface area contributed by atoms with Crippen molar-refractivity contribution in [3.63, 3.8) is 0 Å². The van der Waals surface area contributed by atoms with Gasteiger partial charge in [-0.05, 0) is 62.7 Å². The molecule has 4 aliphatic rings. The van der Waals surface area contributed by atoms with Crippen LogP contribution < -0.4 is 0 Å². The average molecular weight is 274 g/mol. The zero-order valence-electron chi connectivity index (χ0n) is 11.1. The van der Waals surface area contributed by atoms with Gasteiger partial charge in [0.05, 0.1) is 0 Å². The van der Waals surface area contributed by atoms with Gasteiger partial charge < -0.3 is 0 Å². The molecule has 0 spiro atoms. The molecule has 4 fully saturated rings. The fraction of sp³-hybridized carbons (Fsp3) is 0.933. The average Bonchev–Trinajstić information content (AvgIpc) is 2.25. The summed E-state index contributed by atoms with van der Waals surface area (Å²) >= 11 is 0. The van der Waals surface area contributed by atoms with E-state index in [1.807, 2.05) is 0 Å². The molecule has 1 nitrogen and oxygen atoms in total. The molecular weight excluding hydrogens is 253 g/mol. The second-order valence-corrected chi connectivity index (χ2v) is 7.09. The Balaban J connectivity index is 1.60. The molecule has 4 rings (SSSR count). The first-order valence-electron chi connectivity index (χ1n) is 7.46. The van der Waals surface area contributed by atoms with Gasteiger partial charge in [-0.15, -0.1) is 0 Å². The summed E-state index contributed by atoms with van der Waals surface area (Å²) in [6.45, 7) is 0. The number of carbonyl (C=O) groups is 1. The third kappa shape index (κ3) is 2.68. The molecule has 0 aliphatic heterocycles. The van der Waals surface area contributed by atoms with Crippen molar-refractivity contribution in [2.45, 2.75) is 64.0 Å². The Bertz CT molecular complexity index is 337. The molecule has 0 saturated heterocycles. The lowest BCUT2D eigenvalue weighted by Crippen LogP contribution is -2.50. The van der Waals surface area contributed by atoms with Crippen molar-refractivity contribution in [3.8, 4) is 0 Å². The first-order valence-corrected chi connectivity index (χ1v) is 7.46. The van der Waals surface area contributed by atoms with Crippen LogP contribution >= 0.6 is 0 Å². The maximum absolute atomic E-state index is 12.4. The SMILES string of the molecule is O=C(CCCC(F)(F)F)C12CC3CC(CC(C3)C1)C2. The summed E-state index contributed by atoms with van der Waals surface area (Å²) in [4.78, 5) is 12.4. The summed E-state index contributed by atoms with van der Waals surface area (Å²) in [6, 6.07) is 0. The number of carbonyl (C=O) groups excluding carboxylic acids is 1. The molecule has 0 atom stereocenters. The van der Waals surface area contributed by atoms with Crippen LogP contribution in [0.1, 0.15) is 57.8 Å². The van der Waals surface area contributed by atoms with Crippen molar-refractivity contribution in [1.82, 2.24) is 0 Å². The van der Waals surface area contributed by atoms with E-state index in [2.05, 4.69) is 0 Å². The van der Waals surface area contributed by atoms with E-state index in [1.54, 1.807) is 0 Å². The standard InChI is InChI=1S/C15H21F3O/c16-15(17,18)3-1-2-13(19)14-7-10-4-11(8-14)6-12(5-10)9-14/h10-12H,1-9H2. The summed E-state index contributed by atoms with van der Waals surface area (Å²) in [7, 11) is 0. The number of halogens is 3. The van der Waals surface area contributed by atoms with Crippen molar-refractivity contribution in [1.29, 1.82) is 0 Å². The topological polar surface area (TPSA) is 17.1 Å². The zero-order chi connectivity index (χ0) is 13.7. The Kier molecular flexibility index (Phi) is 3.18. The highest BCUT2D eigenvalue weighted by Gasteiger charge is 2.53. The summed E-state index contributed by atoms with van der Waals surface area (Å²) in [5.74, 6) is 2.17. The largest absolute Gasteiger partial charge is 0.389 e. The normalized spacial score (nSPS) is 40.7. The predicted molar refractivity (Wildman–Crippen MR) is 65.5 cm³/mol. The number of rotatable bonds is 4. The molecule has 0 unspecified atom stereocenters. The van der Waals surface area contributed by atoms with Gasteiger partial charge in [-0.3, -0.25) is 4.79 Å². The van der Waals surface area contributed by atoms with Gasteiger partial charge in [-0.25, -0.2) is 0 Å². The van der Waals surface area contributed by atoms with Crippen molar-refractivity contribution >= 4 is 5.78 Å². The van der Waals surface area contributed by atoms with E-state index in [9.17, 15) is 18.0 Å². The van der Waals surface area contributed by atoms with Crippen LogP contribution in [0.2, 0.25) is 0 Å². The van der Waals surface area contributed by atoms with E-state index < -0.39 is 12.6 Å². The van der Waals surface area contributed by atoms with Crippen LogP contribution in [0.25, 0.3) is 0 Å². The first-order chi connectivity index (χ1) is 8.86. The van der Waals surface area contributed by atoms with Gasteiger partial charge in [-0.1, -0.05) is 0 Å². The summed E-state index contributed by atoms with van der Waals surface area (Å²) in [5, 5.41) is 0. The molecule has 0 amide bonds. The van der Waals surface area contributed by atoms with Crippen molar-refractivity contribution in [2.75, 3.05) is 0 Å². The van der Waals surface area contributed by atoms with Crippen molar-refractivity contribution in [3.05, 3.63) is 0 Å². The number of hydrogen-bond acceptors (Lipinski definition) is 1. The third-order valence-corrected chi connectivity index (χ3v) is 5.49. The minimum atomic E-state index is -4.12. The molecule has 4 saturated carbocycles. The second kappa shape index (κ2) is 4.49. The van der Waals surface area contributed by atoms with Crippen LogP contribution in [0.5, 0.6) is 0 Å². The van der Waals surface area contributed by atoms with Gasteiger partial charge in [0.2, 0.25) is 0 Å². The molecule has 4 aliphatic carbocycles. The molecule has 0 aromatic carbocycles. The van der Waals surface area contributed by atoms with E-state index >= 15 is 0 Å². The van der Waals surface area contributed by atoms with E-state index in [-0.39, 0.29) is 24.0 Å². The number of hydrogen-bond donors (Lipinski definition) is 0. The Labute approximate surface area is 111 Å². The quantitative estimate of drug-likeness (QED) is 0.737. The minimum Gasteiger partial charge on any atom is -0.299 e. The van der Waals surface area contributed by atoms with Crippen LogP contribution in [0.4, 0.5) is 13.2 Å². The highest BCUT2D eigenvalue weighted by molar-refractivity contribution is 5.85. The summed E-state index contributed by atoms with van der Waals surface area (Å²) in [5.41, 5.74) is -0.222. The highest BCUT2D eigenvalue weighted by atomic mass is 19.4. The van der Waals surface area contributed by atoms with Gasteiger partial charge in [-0.2, -0.15) is 13.2 Å². The first kappa shape index (κ1) is 13.4. The van der Waals surface area contributed by atoms with Gasteiger partial charge in [0, 0.05) is 18.3 Å². The maximum atomic E-state index is 12.4. The maximum Gasteiger partial charge on any atom is 0.389 e. The Hall–Kier alpha value is -0.540. The molecule has 0 aromatic rings. The van der Waals surface area contributed by atoms with Gasteiger partial charge in [0.15, 0.2) is 0 Å². The van der Waals surface area contributed by atoms with Crippen molar-refractivity contribution in [2.24, 2.45) is 23.2 Å². The molecule has 4 bridgehead atoms. The Morgan fingerprint density at radius 2 is 1.47 bits per heavy atom.